The molecular weight excluding hydrogens is 256 g/mol. The fraction of sp³-hybridized carbons (Fsp3) is 0.600. The molecule has 1 aromatic carbocycles. The Labute approximate surface area is 121 Å². The van der Waals surface area contributed by atoms with Crippen molar-refractivity contribution in [3.05, 3.63) is 29.8 Å². The first-order valence-electron chi connectivity index (χ1n) is 7.12. The molecule has 1 rings (SSSR count). The van der Waals surface area contributed by atoms with E-state index in [4.69, 9.17) is 15.6 Å². The molecule has 1 atom stereocenters. The second kappa shape index (κ2) is 9.72. The average molecular weight is 282 g/mol. The van der Waals surface area contributed by atoms with Crippen LogP contribution in [0.5, 0.6) is 5.75 Å². The van der Waals surface area contributed by atoms with Crippen molar-refractivity contribution in [2.24, 2.45) is 5.73 Å². The second-order valence-corrected chi connectivity index (χ2v) is 4.84. The molecule has 0 amide bonds. The summed E-state index contributed by atoms with van der Waals surface area (Å²) in [6.07, 6.45) is 0.418. The van der Waals surface area contributed by atoms with Crippen LogP contribution in [0.3, 0.4) is 0 Å². The van der Waals surface area contributed by atoms with Crippen LogP contribution < -0.4 is 10.5 Å². The van der Waals surface area contributed by atoms with Crippen LogP contribution in [0.25, 0.3) is 0 Å². The lowest BCUT2D eigenvalue weighted by Gasteiger charge is -2.23. The Morgan fingerprint density at radius 3 is 2.80 bits per heavy atom. The van der Waals surface area contributed by atoms with E-state index in [0.29, 0.717) is 19.6 Å². The summed E-state index contributed by atoms with van der Waals surface area (Å²) in [5.74, 6) is 0.719. The summed E-state index contributed by atoms with van der Waals surface area (Å²) >= 11 is 0. The minimum absolute atomic E-state index is 0.103. The van der Waals surface area contributed by atoms with Crippen molar-refractivity contribution in [3.8, 4) is 5.75 Å². The molecule has 0 bridgehead atoms. The van der Waals surface area contributed by atoms with Crippen LogP contribution in [-0.4, -0.2) is 54.1 Å². The first kappa shape index (κ1) is 16.9. The molecule has 0 aliphatic heterocycles. The highest BCUT2D eigenvalue weighted by atomic mass is 16.5. The standard InChI is InChI=1S/C15H26N2O3/c1-2-6-17(7-8-18)11-14(19)12-20-15-5-3-4-13(9-15)10-16/h3-5,9,14,18-19H,2,6-8,10-12,16H2,1H3. The smallest absolute Gasteiger partial charge is 0.119 e. The maximum atomic E-state index is 9.99. The van der Waals surface area contributed by atoms with Crippen LogP contribution in [0.4, 0.5) is 0 Å². The Morgan fingerprint density at radius 2 is 2.15 bits per heavy atom. The zero-order valence-corrected chi connectivity index (χ0v) is 12.2. The Balaban J connectivity index is 2.39. The molecule has 1 unspecified atom stereocenters. The van der Waals surface area contributed by atoms with Gasteiger partial charge < -0.3 is 20.7 Å². The summed E-state index contributed by atoms with van der Waals surface area (Å²) < 4.78 is 5.57. The summed E-state index contributed by atoms with van der Waals surface area (Å²) in [7, 11) is 0. The van der Waals surface area contributed by atoms with Crippen molar-refractivity contribution < 1.29 is 14.9 Å². The number of ether oxygens (including phenoxy) is 1. The fourth-order valence-corrected chi connectivity index (χ4v) is 2.06. The van der Waals surface area contributed by atoms with E-state index in [1.54, 1.807) is 0 Å². The largest absolute Gasteiger partial charge is 0.491 e. The van der Waals surface area contributed by atoms with E-state index in [2.05, 4.69) is 6.92 Å². The van der Waals surface area contributed by atoms with E-state index in [0.717, 1.165) is 24.3 Å². The molecule has 0 saturated heterocycles. The first-order chi connectivity index (χ1) is 9.69. The molecule has 0 aromatic heterocycles. The number of rotatable bonds is 10. The highest BCUT2D eigenvalue weighted by Crippen LogP contribution is 2.13. The van der Waals surface area contributed by atoms with Gasteiger partial charge in [-0.1, -0.05) is 19.1 Å². The minimum atomic E-state index is -0.574. The minimum Gasteiger partial charge on any atom is -0.491 e. The van der Waals surface area contributed by atoms with Crippen molar-refractivity contribution in [2.75, 3.05) is 32.8 Å². The predicted molar refractivity (Wildman–Crippen MR) is 79.7 cm³/mol. The van der Waals surface area contributed by atoms with Gasteiger partial charge >= 0.3 is 0 Å². The van der Waals surface area contributed by atoms with Crippen LogP contribution in [-0.2, 0) is 6.54 Å². The highest BCUT2D eigenvalue weighted by Gasteiger charge is 2.11. The Kier molecular flexibility index (Phi) is 8.22. The molecule has 1 aromatic rings. The van der Waals surface area contributed by atoms with Crippen molar-refractivity contribution in [2.45, 2.75) is 26.0 Å². The summed E-state index contributed by atoms with van der Waals surface area (Å²) in [6, 6.07) is 7.56. The summed E-state index contributed by atoms with van der Waals surface area (Å²) in [6.45, 7) is 4.83. The van der Waals surface area contributed by atoms with Gasteiger partial charge in [-0.3, -0.25) is 4.90 Å². The summed E-state index contributed by atoms with van der Waals surface area (Å²) in [4.78, 5) is 2.03. The fourth-order valence-electron chi connectivity index (χ4n) is 2.06. The molecule has 5 nitrogen and oxygen atoms in total. The maximum Gasteiger partial charge on any atom is 0.119 e. The lowest BCUT2D eigenvalue weighted by molar-refractivity contribution is 0.0618. The molecule has 0 spiro atoms. The van der Waals surface area contributed by atoms with E-state index >= 15 is 0 Å². The summed E-state index contributed by atoms with van der Waals surface area (Å²) in [5, 5.41) is 19.0. The van der Waals surface area contributed by atoms with Gasteiger partial charge in [0, 0.05) is 19.6 Å². The maximum absolute atomic E-state index is 9.99. The number of benzene rings is 1. The third-order valence-corrected chi connectivity index (χ3v) is 3.00. The van der Waals surface area contributed by atoms with Crippen LogP contribution in [0.1, 0.15) is 18.9 Å². The van der Waals surface area contributed by atoms with Crippen LogP contribution in [0, 0.1) is 0 Å². The van der Waals surface area contributed by atoms with Gasteiger partial charge in [0.2, 0.25) is 0 Å². The molecule has 0 aliphatic rings. The Morgan fingerprint density at radius 1 is 1.35 bits per heavy atom. The predicted octanol–water partition coefficient (Wildman–Crippen LogP) is 0.589. The monoisotopic (exact) mass is 282 g/mol. The lowest BCUT2D eigenvalue weighted by atomic mass is 10.2. The van der Waals surface area contributed by atoms with E-state index < -0.39 is 6.10 Å². The summed E-state index contributed by atoms with van der Waals surface area (Å²) in [5.41, 5.74) is 6.58. The van der Waals surface area contributed by atoms with Crippen molar-refractivity contribution in [1.29, 1.82) is 0 Å². The normalized spacial score (nSPS) is 12.7. The number of aliphatic hydroxyl groups excluding tert-OH is 2. The molecule has 0 radical (unpaired) electrons. The number of hydrogen-bond donors (Lipinski definition) is 3. The van der Waals surface area contributed by atoms with Gasteiger partial charge in [0.1, 0.15) is 18.5 Å². The molecule has 20 heavy (non-hydrogen) atoms. The van der Waals surface area contributed by atoms with Gasteiger partial charge in [0.15, 0.2) is 0 Å². The zero-order chi connectivity index (χ0) is 14.8. The number of nitrogens with zero attached hydrogens (tertiary/aromatic N) is 1. The Bertz CT molecular complexity index is 368. The Hall–Kier alpha value is -1.14. The topological polar surface area (TPSA) is 79.0 Å². The molecule has 114 valence electrons. The average Bonchev–Trinajstić information content (AvgIpc) is 2.46. The second-order valence-electron chi connectivity index (χ2n) is 4.84. The molecule has 4 N–H and O–H groups in total. The van der Waals surface area contributed by atoms with Crippen molar-refractivity contribution >= 4 is 0 Å². The van der Waals surface area contributed by atoms with Gasteiger partial charge in [-0.05, 0) is 30.7 Å². The van der Waals surface area contributed by atoms with Crippen LogP contribution >= 0.6 is 0 Å². The molecule has 0 saturated carbocycles. The molecule has 0 heterocycles. The quantitative estimate of drug-likeness (QED) is 0.585. The van der Waals surface area contributed by atoms with Crippen molar-refractivity contribution in [3.63, 3.8) is 0 Å². The van der Waals surface area contributed by atoms with Gasteiger partial charge in [-0.15, -0.1) is 0 Å². The SMILES string of the molecule is CCCN(CCO)CC(O)COc1cccc(CN)c1. The van der Waals surface area contributed by atoms with Gasteiger partial charge in [0.25, 0.3) is 0 Å². The number of hydrogen-bond acceptors (Lipinski definition) is 5. The lowest BCUT2D eigenvalue weighted by Crippen LogP contribution is -2.37. The molecule has 5 heteroatoms. The zero-order valence-electron chi connectivity index (χ0n) is 12.2. The molecular formula is C15H26N2O3. The third kappa shape index (κ3) is 6.34. The van der Waals surface area contributed by atoms with Gasteiger partial charge in [0.05, 0.1) is 6.61 Å². The van der Waals surface area contributed by atoms with E-state index in [9.17, 15) is 5.11 Å². The van der Waals surface area contributed by atoms with E-state index in [1.807, 2.05) is 29.2 Å². The van der Waals surface area contributed by atoms with E-state index in [1.165, 1.54) is 0 Å². The third-order valence-electron chi connectivity index (χ3n) is 3.00. The first-order valence-corrected chi connectivity index (χ1v) is 7.12. The molecule has 0 aliphatic carbocycles. The van der Waals surface area contributed by atoms with Gasteiger partial charge in [-0.2, -0.15) is 0 Å². The number of nitrogens with two attached hydrogens (primary N) is 1. The van der Waals surface area contributed by atoms with Gasteiger partial charge in [-0.25, -0.2) is 0 Å². The number of aliphatic hydroxyl groups is 2. The highest BCUT2D eigenvalue weighted by molar-refractivity contribution is 5.28. The van der Waals surface area contributed by atoms with Crippen molar-refractivity contribution in [1.82, 2.24) is 4.90 Å². The van der Waals surface area contributed by atoms with Crippen LogP contribution in [0.2, 0.25) is 0 Å². The van der Waals surface area contributed by atoms with Crippen LogP contribution in [0.15, 0.2) is 24.3 Å². The van der Waals surface area contributed by atoms with E-state index in [-0.39, 0.29) is 13.2 Å². The molecule has 0 fully saturated rings.